The van der Waals surface area contributed by atoms with Crippen molar-refractivity contribution in [1.29, 1.82) is 0 Å². The molecule has 3 N–H and O–H groups in total. The second kappa shape index (κ2) is 4.90. The molecule has 0 aliphatic heterocycles. The van der Waals surface area contributed by atoms with Crippen LogP contribution < -0.4 is 5.73 Å². The van der Waals surface area contributed by atoms with Crippen LogP contribution in [0.1, 0.15) is 44.9 Å². The van der Waals surface area contributed by atoms with Crippen LogP contribution >= 0.6 is 0 Å². The van der Waals surface area contributed by atoms with Gasteiger partial charge in [-0.3, -0.25) is 0 Å². The predicted octanol–water partition coefficient (Wildman–Crippen LogP) is 0.722. The summed E-state index contributed by atoms with van der Waals surface area (Å²) in [5.41, 5.74) is 5.11. The van der Waals surface area contributed by atoms with Gasteiger partial charge >= 0.3 is 0 Å². The van der Waals surface area contributed by atoms with Crippen LogP contribution in [0.15, 0.2) is 4.52 Å². The highest BCUT2D eigenvalue weighted by atomic mass is 16.5. The van der Waals surface area contributed by atoms with Crippen molar-refractivity contribution in [3.63, 3.8) is 0 Å². The van der Waals surface area contributed by atoms with Gasteiger partial charge in [-0.15, -0.1) is 0 Å². The normalized spacial score (nSPS) is 19.1. The van der Waals surface area contributed by atoms with E-state index in [4.69, 9.17) is 15.0 Å². The summed E-state index contributed by atoms with van der Waals surface area (Å²) < 4.78 is 10.3. The number of aromatic nitrogens is 2. The van der Waals surface area contributed by atoms with E-state index in [1.807, 2.05) is 13.8 Å². The number of hydrogen-bond acceptors (Lipinski definition) is 6. The summed E-state index contributed by atoms with van der Waals surface area (Å²) in [5.74, 6) is 0.672. The zero-order chi connectivity index (χ0) is 12.3. The molecular formula is C10H19N3O3. The number of aliphatic hydroxyl groups is 1. The molecule has 0 amide bonds. The molecule has 0 fully saturated rings. The monoisotopic (exact) mass is 229 g/mol. The minimum atomic E-state index is -0.733. The van der Waals surface area contributed by atoms with E-state index in [0.717, 1.165) is 0 Å². The zero-order valence-corrected chi connectivity index (χ0v) is 10.1. The van der Waals surface area contributed by atoms with Gasteiger partial charge in [-0.05, 0) is 20.3 Å². The Labute approximate surface area is 94.8 Å². The predicted molar refractivity (Wildman–Crippen MR) is 57.6 cm³/mol. The lowest BCUT2D eigenvalue weighted by atomic mass is 10.0. The maximum atomic E-state index is 9.32. The molecule has 1 aromatic rings. The van der Waals surface area contributed by atoms with Gasteiger partial charge in [0.25, 0.3) is 0 Å². The van der Waals surface area contributed by atoms with Crippen LogP contribution in [0.5, 0.6) is 0 Å². The lowest BCUT2D eigenvalue weighted by molar-refractivity contribution is -0.0106. The molecular weight excluding hydrogens is 210 g/mol. The third-order valence-electron chi connectivity index (χ3n) is 2.84. The fourth-order valence-corrected chi connectivity index (χ4v) is 1.19. The molecule has 0 bridgehead atoms. The zero-order valence-electron chi connectivity index (χ0n) is 10.1. The van der Waals surface area contributed by atoms with Crippen molar-refractivity contribution in [3.05, 3.63) is 11.7 Å². The Morgan fingerprint density at radius 2 is 2.25 bits per heavy atom. The van der Waals surface area contributed by atoms with Crippen LogP contribution in [0.2, 0.25) is 0 Å². The van der Waals surface area contributed by atoms with Gasteiger partial charge < -0.3 is 20.1 Å². The van der Waals surface area contributed by atoms with Crippen LogP contribution in [0.25, 0.3) is 0 Å². The van der Waals surface area contributed by atoms with E-state index in [1.165, 1.54) is 0 Å². The largest absolute Gasteiger partial charge is 0.391 e. The number of methoxy groups -OCH3 is 1. The molecule has 0 aliphatic rings. The van der Waals surface area contributed by atoms with Crippen LogP contribution in [0.4, 0.5) is 0 Å². The van der Waals surface area contributed by atoms with E-state index in [1.54, 1.807) is 14.0 Å². The number of aliphatic hydroxyl groups excluding tert-OH is 1. The van der Waals surface area contributed by atoms with Crippen LogP contribution in [-0.2, 0) is 10.3 Å². The van der Waals surface area contributed by atoms with Gasteiger partial charge in [-0.2, -0.15) is 4.98 Å². The Hall–Kier alpha value is -0.980. The summed E-state index contributed by atoms with van der Waals surface area (Å²) in [5, 5.41) is 13.1. The van der Waals surface area contributed by atoms with E-state index < -0.39 is 17.7 Å². The first-order valence-corrected chi connectivity index (χ1v) is 5.27. The van der Waals surface area contributed by atoms with E-state index in [9.17, 15) is 5.11 Å². The minimum Gasteiger partial charge on any atom is -0.391 e. The fourth-order valence-electron chi connectivity index (χ4n) is 1.19. The van der Waals surface area contributed by atoms with Crippen molar-refractivity contribution in [1.82, 2.24) is 10.1 Å². The van der Waals surface area contributed by atoms with Gasteiger partial charge in [0, 0.05) is 7.11 Å². The highest BCUT2D eigenvalue weighted by molar-refractivity contribution is 5.01. The molecule has 1 heterocycles. The fraction of sp³-hybridized carbons (Fsp3) is 0.800. The standard InChI is InChI=1S/C10H19N3O3/c1-5-10(3,15-4)9-12-8(16-13-9)7(11)6(2)14/h6-7,14H,5,11H2,1-4H3. The van der Waals surface area contributed by atoms with Crippen LogP contribution in [0.3, 0.4) is 0 Å². The molecule has 6 nitrogen and oxygen atoms in total. The lowest BCUT2D eigenvalue weighted by Crippen LogP contribution is -2.26. The molecule has 1 aromatic heterocycles. The summed E-state index contributed by atoms with van der Waals surface area (Å²) in [6.07, 6.45) is -0.0180. The summed E-state index contributed by atoms with van der Waals surface area (Å²) in [7, 11) is 1.59. The molecule has 0 aromatic carbocycles. The number of nitrogens with zero attached hydrogens (tertiary/aromatic N) is 2. The topological polar surface area (TPSA) is 94.4 Å². The van der Waals surface area contributed by atoms with Crippen molar-refractivity contribution < 1.29 is 14.4 Å². The summed E-state index contributed by atoms with van der Waals surface area (Å²) in [6, 6.07) is -0.667. The molecule has 0 saturated carbocycles. The molecule has 92 valence electrons. The lowest BCUT2D eigenvalue weighted by Gasteiger charge is -2.21. The molecule has 1 rings (SSSR count). The Morgan fingerprint density at radius 1 is 1.62 bits per heavy atom. The maximum Gasteiger partial charge on any atom is 0.246 e. The van der Waals surface area contributed by atoms with Gasteiger partial charge in [0.2, 0.25) is 11.7 Å². The van der Waals surface area contributed by atoms with Crippen molar-refractivity contribution in [3.8, 4) is 0 Å². The van der Waals surface area contributed by atoms with Crippen molar-refractivity contribution in [2.75, 3.05) is 7.11 Å². The number of rotatable bonds is 5. The van der Waals surface area contributed by atoms with Crippen molar-refractivity contribution in [2.45, 2.75) is 44.9 Å². The first-order valence-electron chi connectivity index (χ1n) is 5.27. The third kappa shape index (κ3) is 2.40. The molecule has 0 spiro atoms. The number of nitrogens with two attached hydrogens (primary N) is 1. The van der Waals surface area contributed by atoms with Crippen LogP contribution in [-0.4, -0.2) is 28.5 Å². The van der Waals surface area contributed by atoms with E-state index in [0.29, 0.717) is 12.2 Å². The van der Waals surface area contributed by atoms with Gasteiger partial charge in [0.05, 0.1) is 6.10 Å². The molecule has 0 radical (unpaired) electrons. The molecule has 0 aliphatic carbocycles. The second-order valence-electron chi connectivity index (χ2n) is 4.01. The van der Waals surface area contributed by atoms with Gasteiger partial charge in [-0.25, -0.2) is 0 Å². The highest BCUT2D eigenvalue weighted by Gasteiger charge is 2.31. The van der Waals surface area contributed by atoms with Crippen molar-refractivity contribution >= 4 is 0 Å². The summed E-state index contributed by atoms with van der Waals surface area (Å²) in [6.45, 7) is 5.41. The molecule has 0 saturated heterocycles. The molecule has 6 heteroatoms. The quantitative estimate of drug-likeness (QED) is 0.772. The first-order chi connectivity index (χ1) is 7.44. The summed E-state index contributed by atoms with van der Waals surface area (Å²) in [4.78, 5) is 4.16. The summed E-state index contributed by atoms with van der Waals surface area (Å²) >= 11 is 0. The smallest absolute Gasteiger partial charge is 0.246 e. The number of hydrogen-bond donors (Lipinski definition) is 2. The molecule has 16 heavy (non-hydrogen) atoms. The average molecular weight is 229 g/mol. The Kier molecular flexibility index (Phi) is 4.01. The van der Waals surface area contributed by atoms with Crippen LogP contribution in [0, 0.1) is 0 Å². The third-order valence-corrected chi connectivity index (χ3v) is 2.84. The Bertz CT molecular complexity index is 334. The van der Waals surface area contributed by atoms with Gasteiger partial charge in [-0.1, -0.05) is 12.1 Å². The van der Waals surface area contributed by atoms with Gasteiger partial charge in [0.15, 0.2) is 0 Å². The number of ether oxygens (including phenoxy) is 1. The molecule has 3 atom stereocenters. The second-order valence-corrected chi connectivity index (χ2v) is 4.01. The molecule has 3 unspecified atom stereocenters. The SMILES string of the molecule is CCC(C)(OC)c1noc(C(N)C(C)O)n1. The van der Waals surface area contributed by atoms with E-state index in [-0.39, 0.29) is 5.89 Å². The average Bonchev–Trinajstić information content (AvgIpc) is 2.76. The van der Waals surface area contributed by atoms with Crippen molar-refractivity contribution in [2.24, 2.45) is 5.73 Å². The highest BCUT2D eigenvalue weighted by Crippen LogP contribution is 2.26. The van der Waals surface area contributed by atoms with E-state index >= 15 is 0 Å². The van der Waals surface area contributed by atoms with Gasteiger partial charge in [0.1, 0.15) is 11.6 Å². The van der Waals surface area contributed by atoms with E-state index in [2.05, 4.69) is 10.1 Å². The first kappa shape index (κ1) is 13.1. The Morgan fingerprint density at radius 3 is 2.69 bits per heavy atom. The Balaban J connectivity index is 2.94. The minimum absolute atomic E-state index is 0.224. The maximum absolute atomic E-state index is 9.32.